The Morgan fingerprint density at radius 3 is 1.76 bits per heavy atom. The van der Waals surface area contributed by atoms with Crippen LogP contribution in [0.5, 0.6) is 0 Å². The first-order valence-corrected chi connectivity index (χ1v) is 24.8. The van der Waals surface area contributed by atoms with Gasteiger partial charge >= 0.3 is 6.09 Å². The van der Waals surface area contributed by atoms with Crippen molar-refractivity contribution in [2.24, 2.45) is 0 Å². The molecular formula is C50H59BrN10O4S. The van der Waals surface area contributed by atoms with Crippen LogP contribution in [0.4, 0.5) is 16.2 Å². The van der Waals surface area contributed by atoms with Crippen LogP contribution in [-0.2, 0) is 14.6 Å². The predicted molar refractivity (Wildman–Crippen MR) is 266 cm³/mol. The summed E-state index contributed by atoms with van der Waals surface area (Å²) in [5.74, 6) is 0. The fourth-order valence-electron chi connectivity index (χ4n) is 8.94. The number of hydrogen-bond donors (Lipinski definition) is 1. The number of ether oxygens (including phenoxy) is 1. The maximum Gasteiger partial charge on any atom is 0.410 e. The van der Waals surface area contributed by atoms with E-state index < -0.39 is 20.7 Å². The van der Waals surface area contributed by atoms with Gasteiger partial charge in [0.25, 0.3) is 0 Å². The normalized spacial score (nSPS) is 19.3. The van der Waals surface area contributed by atoms with Crippen molar-refractivity contribution in [2.45, 2.75) is 102 Å². The third-order valence-electron chi connectivity index (χ3n) is 12.2. The zero-order valence-electron chi connectivity index (χ0n) is 39.1. The average molecular weight is 976 g/mol. The second-order valence-corrected chi connectivity index (χ2v) is 22.1. The molecular weight excluding hydrogens is 917 g/mol. The number of nitrogens with one attached hydrogen (secondary N) is 1. The van der Waals surface area contributed by atoms with E-state index in [9.17, 15) is 13.2 Å². The molecule has 9 rings (SSSR count). The Balaban J connectivity index is 0.000000181. The molecule has 2 fully saturated rings. The summed E-state index contributed by atoms with van der Waals surface area (Å²) >= 11 is 3.46. The highest BCUT2D eigenvalue weighted by molar-refractivity contribution is 9.10. The summed E-state index contributed by atoms with van der Waals surface area (Å²) in [6.45, 7) is 21.1. The molecule has 2 aliphatic heterocycles. The first kappa shape index (κ1) is 46.7. The summed E-state index contributed by atoms with van der Waals surface area (Å²) in [7, 11) is -3.36. The summed E-state index contributed by atoms with van der Waals surface area (Å²) in [4.78, 5) is 28.7. The van der Waals surface area contributed by atoms with E-state index in [1.54, 1.807) is 53.5 Å². The van der Waals surface area contributed by atoms with E-state index in [2.05, 4.69) is 127 Å². The molecule has 3 aromatic carbocycles. The second-order valence-electron chi connectivity index (χ2n) is 18.7. The summed E-state index contributed by atoms with van der Waals surface area (Å²) in [5, 5.41) is 11.8. The molecule has 0 radical (unpaired) electrons. The van der Waals surface area contributed by atoms with Gasteiger partial charge in [0.15, 0.2) is 21.1 Å². The number of carbonyl (C=O) groups is 1. The van der Waals surface area contributed by atoms with Gasteiger partial charge in [-0.15, -0.1) is 0 Å². The fourth-order valence-corrected chi connectivity index (χ4v) is 10.4. The van der Waals surface area contributed by atoms with Gasteiger partial charge < -0.3 is 24.8 Å². The molecule has 66 heavy (non-hydrogen) atoms. The number of fused-ring (bicyclic) bond motifs is 2. The van der Waals surface area contributed by atoms with Crippen molar-refractivity contribution in [3.63, 3.8) is 0 Å². The van der Waals surface area contributed by atoms with Crippen LogP contribution in [0, 0.1) is 0 Å². The topological polar surface area (TPSA) is 143 Å². The van der Waals surface area contributed by atoms with Crippen LogP contribution in [0.1, 0.15) is 62.3 Å². The molecule has 7 aromatic rings. The molecule has 14 nitrogen and oxygen atoms in total. The zero-order chi connectivity index (χ0) is 47.1. The van der Waals surface area contributed by atoms with Crippen molar-refractivity contribution < 1.29 is 17.9 Å². The highest BCUT2D eigenvalue weighted by Gasteiger charge is 2.34. The number of hydrogen-bond acceptors (Lipinski definition) is 11. The molecule has 1 amide bonds. The van der Waals surface area contributed by atoms with Gasteiger partial charge in [-0.2, -0.15) is 10.2 Å². The minimum Gasteiger partial charge on any atom is -0.444 e. The van der Waals surface area contributed by atoms with Crippen LogP contribution in [0.15, 0.2) is 119 Å². The highest BCUT2D eigenvalue weighted by Crippen LogP contribution is 2.32. The Morgan fingerprint density at radius 2 is 1.21 bits per heavy atom. The average Bonchev–Trinajstić information content (AvgIpc) is 3.88. The first-order valence-electron chi connectivity index (χ1n) is 22.5. The van der Waals surface area contributed by atoms with Crippen LogP contribution in [0.2, 0.25) is 0 Å². The molecule has 0 saturated carbocycles. The van der Waals surface area contributed by atoms with E-state index in [0.717, 1.165) is 62.3 Å². The standard InChI is InChI=1S/C27H31N5O2S.C23H28BrN5O2/c1-18(2)35(33,34)25-7-5-6-22(12-25)26-16-30-31-17-23(15-29-27(26)31)21-8-10-24(11-9-21)32-19(3)13-28-14-20(32)4;1-15-12-27(22(30)31-23(3,4)5)13-16(2)29(15)19-8-6-17(7-9-19)18-10-25-21-20(24)11-26-28(21)14-18/h5-12,15-20,28H,13-14H2,1-4H3;6-11,14-16H,12-13H2,1-5H3/t19-,20+;15-,16+. The number of aromatic nitrogens is 6. The fraction of sp³-hybridized carbons (Fsp3) is 0.380. The number of rotatable bonds is 7. The number of halogens is 1. The number of sulfone groups is 1. The molecule has 4 aromatic heterocycles. The van der Waals surface area contributed by atoms with Crippen molar-refractivity contribution in [1.29, 1.82) is 0 Å². The number of piperazine rings is 2. The highest BCUT2D eigenvalue weighted by atomic mass is 79.9. The summed E-state index contributed by atoms with van der Waals surface area (Å²) in [5.41, 5.74) is 9.07. The predicted octanol–water partition coefficient (Wildman–Crippen LogP) is 9.42. The second kappa shape index (κ2) is 18.8. The van der Waals surface area contributed by atoms with Gasteiger partial charge in [-0.3, -0.25) is 0 Å². The molecule has 16 heteroatoms. The summed E-state index contributed by atoms with van der Waals surface area (Å²) < 4.78 is 35.2. The van der Waals surface area contributed by atoms with Crippen LogP contribution in [0.25, 0.3) is 44.7 Å². The minimum absolute atomic E-state index is 0.182. The molecule has 0 bridgehead atoms. The first-order chi connectivity index (χ1) is 31.4. The van der Waals surface area contributed by atoms with E-state index in [1.165, 1.54) is 5.69 Å². The van der Waals surface area contributed by atoms with Crippen LogP contribution < -0.4 is 15.1 Å². The third kappa shape index (κ3) is 9.81. The largest absolute Gasteiger partial charge is 0.444 e. The van der Waals surface area contributed by atoms with Crippen LogP contribution in [0.3, 0.4) is 0 Å². The van der Waals surface area contributed by atoms with Gasteiger partial charge in [-0.25, -0.2) is 32.2 Å². The van der Waals surface area contributed by atoms with Gasteiger partial charge in [0.2, 0.25) is 0 Å². The number of carbonyl (C=O) groups excluding carboxylic acids is 1. The molecule has 4 atom stereocenters. The Kier molecular flexibility index (Phi) is 13.3. The molecule has 2 aliphatic rings. The van der Waals surface area contributed by atoms with Crippen LogP contribution in [-0.4, -0.2) is 110 Å². The Labute approximate surface area is 396 Å². The molecule has 0 unspecified atom stereocenters. The van der Waals surface area contributed by atoms with Gasteiger partial charge in [-0.05, 0) is 131 Å². The van der Waals surface area contributed by atoms with Gasteiger partial charge in [0.05, 0.1) is 27.0 Å². The smallest absolute Gasteiger partial charge is 0.410 e. The zero-order valence-corrected chi connectivity index (χ0v) is 41.5. The lowest BCUT2D eigenvalue weighted by Gasteiger charge is -2.45. The lowest BCUT2D eigenvalue weighted by Crippen LogP contribution is -2.58. The number of amides is 1. The maximum atomic E-state index is 12.6. The minimum atomic E-state index is -3.36. The number of nitrogens with zero attached hydrogens (tertiary/aromatic N) is 9. The van der Waals surface area contributed by atoms with Gasteiger partial charge in [0.1, 0.15) is 5.60 Å². The van der Waals surface area contributed by atoms with Crippen LogP contribution >= 0.6 is 15.9 Å². The molecule has 0 spiro atoms. The molecule has 6 heterocycles. The molecule has 2 saturated heterocycles. The number of benzene rings is 3. The van der Waals surface area contributed by atoms with Gasteiger partial charge in [0, 0.05) is 103 Å². The molecule has 346 valence electrons. The van der Waals surface area contributed by atoms with Crippen molar-refractivity contribution in [3.8, 4) is 33.4 Å². The molecule has 0 aliphatic carbocycles. The van der Waals surface area contributed by atoms with Crippen molar-refractivity contribution >= 4 is 54.5 Å². The monoisotopic (exact) mass is 974 g/mol. The van der Waals surface area contributed by atoms with E-state index in [4.69, 9.17) is 4.74 Å². The van der Waals surface area contributed by atoms with E-state index >= 15 is 0 Å². The Bertz CT molecular complexity index is 2930. The lowest BCUT2D eigenvalue weighted by molar-refractivity contribution is 0.0193. The quantitative estimate of drug-likeness (QED) is 0.163. The number of anilines is 2. The third-order valence-corrected chi connectivity index (χ3v) is 14.9. The van der Waals surface area contributed by atoms with Crippen molar-refractivity contribution in [3.05, 3.63) is 114 Å². The SMILES string of the molecule is CC(C)S(=O)(=O)c1cccc(-c2cnn3cc(-c4ccc(N5[C@H](C)CNC[C@@H]5C)cc4)cnc23)c1.C[C@@H]1CN(C(=O)OC(C)(C)C)C[C@H](C)N1c1ccc(-c2cnc3c(Br)cnn3c2)cc1. The van der Waals surface area contributed by atoms with E-state index in [1.807, 2.05) is 56.5 Å². The Morgan fingerprint density at radius 1 is 0.697 bits per heavy atom. The summed E-state index contributed by atoms with van der Waals surface area (Å²) in [6, 6.07) is 25.3. The van der Waals surface area contributed by atoms with Crippen molar-refractivity contribution in [1.82, 2.24) is 39.4 Å². The van der Waals surface area contributed by atoms with Crippen molar-refractivity contribution in [2.75, 3.05) is 36.0 Å². The Hall–Kier alpha value is -5.84. The summed E-state index contributed by atoms with van der Waals surface area (Å²) in [6.07, 6.45) is 10.9. The van der Waals surface area contributed by atoms with E-state index in [-0.39, 0.29) is 18.2 Å². The molecule has 1 N–H and O–H groups in total. The lowest BCUT2D eigenvalue weighted by atomic mass is 10.0. The van der Waals surface area contributed by atoms with Gasteiger partial charge in [-0.1, -0.05) is 36.4 Å². The van der Waals surface area contributed by atoms with E-state index in [0.29, 0.717) is 35.7 Å². The maximum absolute atomic E-state index is 12.6.